The normalized spacial score (nSPS) is 9.88. The highest BCUT2D eigenvalue weighted by Crippen LogP contribution is 2.17. The number of ether oxygens (including phenoxy) is 2. The molecule has 0 amide bonds. The molecule has 126 valence electrons. The van der Waals surface area contributed by atoms with Crippen LogP contribution in [0.5, 0.6) is 11.5 Å². The Morgan fingerprint density at radius 3 is 2.62 bits per heavy atom. The zero-order valence-corrected chi connectivity index (χ0v) is 14.6. The fraction of sp³-hybridized carbons (Fsp3) is 0.211. The van der Waals surface area contributed by atoms with Gasteiger partial charge in [0.15, 0.2) is 5.11 Å². The van der Waals surface area contributed by atoms with Crippen molar-refractivity contribution in [2.75, 3.05) is 18.5 Å². The molecule has 0 spiro atoms. The van der Waals surface area contributed by atoms with Crippen LogP contribution in [0, 0.1) is 0 Å². The number of benzene rings is 2. The summed E-state index contributed by atoms with van der Waals surface area (Å²) >= 11 is 5.34. The largest absolute Gasteiger partial charge is 0.494 e. The predicted molar refractivity (Wildman–Crippen MR) is 103 cm³/mol. The molecule has 5 heteroatoms. The number of hydrogen-bond donors (Lipinski definition) is 2. The van der Waals surface area contributed by atoms with E-state index < -0.39 is 0 Å². The van der Waals surface area contributed by atoms with Crippen LogP contribution in [0.3, 0.4) is 0 Å². The first-order chi connectivity index (χ1) is 11.7. The van der Waals surface area contributed by atoms with Gasteiger partial charge >= 0.3 is 0 Å². The second kappa shape index (κ2) is 9.57. The third-order valence-electron chi connectivity index (χ3n) is 3.12. The molecular formula is C19H22N2O2S. The van der Waals surface area contributed by atoms with E-state index in [9.17, 15) is 0 Å². The van der Waals surface area contributed by atoms with Crippen LogP contribution in [0.4, 0.5) is 5.69 Å². The van der Waals surface area contributed by atoms with Crippen LogP contribution >= 0.6 is 12.2 Å². The van der Waals surface area contributed by atoms with Gasteiger partial charge in [-0.05, 0) is 49.0 Å². The lowest BCUT2D eigenvalue weighted by Gasteiger charge is -2.12. The van der Waals surface area contributed by atoms with Crippen molar-refractivity contribution < 1.29 is 9.47 Å². The second-order valence-corrected chi connectivity index (χ2v) is 5.42. The zero-order chi connectivity index (χ0) is 17.2. The maximum Gasteiger partial charge on any atom is 0.171 e. The van der Waals surface area contributed by atoms with Crippen LogP contribution in [-0.4, -0.2) is 18.3 Å². The van der Waals surface area contributed by atoms with E-state index in [0.29, 0.717) is 24.9 Å². The summed E-state index contributed by atoms with van der Waals surface area (Å²) in [5.41, 5.74) is 1.98. The third-order valence-corrected chi connectivity index (χ3v) is 3.37. The quantitative estimate of drug-likeness (QED) is 0.557. The van der Waals surface area contributed by atoms with Crippen LogP contribution in [0.1, 0.15) is 12.5 Å². The molecule has 0 aliphatic heterocycles. The van der Waals surface area contributed by atoms with E-state index in [4.69, 9.17) is 21.7 Å². The van der Waals surface area contributed by atoms with Crippen LogP contribution in [0.15, 0.2) is 61.2 Å². The molecule has 2 rings (SSSR count). The van der Waals surface area contributed by atoms with E-state index in [2.05, 4.69) is 17.2 Å². The van der Waals surface area contributed by atoms with E-state index in [1.807, 2.05) is 55.5 Å². The molecule has 0 aromatic heterocycles. The van der Waals surface area contributed by atoms with Gasteiger partial charge in [0, 0.05) is 18.3 Å². The first kappa shape index (κ1) is 17.8. The summed E-state index contributed by atoms with van der Waals surface area (Å²) in [6, 6.07) is 15.6. The zero-order valence-electron chi connectivity index (χ0n) is 13.7. The first-order valence-electron chi connectivity index (χ1n) is 7.81. The molecule has 0 aliphatic rings. The average Bonchev–Trinajstić information content (AvgIpc) is 2.59. The van der Waals surface area contributed by atoms with E-state index in [0.717, 1.165) is 22.7 Å². The Morgan fingerprint density at radius 1 is 1.12 bits per heavy atom. The van der Waals surface area contributed by atoms with Gasteiger partial charge in [0.2, 0.25) is 0 Å². The van der Waals surface area contributed by atoms with Gasteiger partial charge in [-0.3, -0.25) is 0 Å². The summed E-state index contributed by atoms with van der Waals surface area (Å²) in [4.78, 5) is 0. The number of rotatable bonds is 8. The molecular weight excluding hydrogens is 320 g/mol. The van der Waals surface area contributed by atoms with Crippen molar-refractivity contribution in [2.24, 2.45) is 0 Å². The average molecular weight is 342 g/mol. The molecule has 2 aromatic carbocycles. The SMILES string of the molecule is C=CCOc1cccc(NC(=S)NCc2cccc(OCC)c2)c1. The van der Waals surface area contributed by atoms with Gasteiger partial charge < -0.3 is 20.1 Å². The molecule has 0 atom stereocenters. The highest BCUT2D eigenvalue weighted by atomic mass is 32.1. The number of anilines is 1. The third kappa shape index (κ3) is 5.93. The van der Waals surface area contributed by atoms with Crippen molar-refractivity contribution in [2.45, 2.75) is 13.5 Å². The van der Waals surface area contributed by atoms with Crippen molar-refractivity contribution in [3.63, 3.8) is 0 Å². The Morgan fingerprint density at radius 2 is 1.88 bits per heavy atom. The molecule has 24 heavy (non-hydrogen) atoms. The van der Waals surface area contributed by atoms with Gasteiger partial charge in [0.1, 0.15) is 18.1 Å². The monoisotopic (exact) mass is 342 g/mol. The Balaban J connectivity index is 1.87. The van der Waals surface area contributed by atoms with E-state index >= 15 is 0 Å². The van der Waals surface area contributed by atoms with E-state index in [-0.39, 0.29) is 0 Å². The molecule has 2 N–H and O–H groups in total. The smallest absolute Gasteiger partial charge is 0.171 e. The maximum atomic E-state index is 5.51. The second-order valence-electron chi connectivity index (χ2n) is 5.02. The summed E-state index contributed by atoms with van der Waals surface area (Å²) in [5, 5.41) is 6.89. The van der Waals surface area contributed by atoms with Crippen LogP contribution in [0.2, 0.25) is 0 Å². The molecule has 2 aromatic rings. The minimum atomic E-state index is 0.475. The molecule has 0 aliphatic carbocycles. The fourth-order valence-electron chi connectivity index (χ4n) is 2.09. The summed E-state index contributed by atoms with van der Waals surface area (Å²) < 4.78 is 11.0. The van der Waals surface area contributed by atoms with Gasteiger partial charge in [-0.2, -0.15) is 0 Å². The molecule has 0 bridgehead atoms. The molecule has 0 radical (unpaired) electrons. The van der Waals surface area contributed by atoms with Gasteiger partial charge in [-0.1, -0.05) is 30.9 Å². The Hall–Kier alpha value is -2.53. The maximum absolute atomic E-state index is 5.51. The van der Waals surface area contributed by atoms with E-state index in [1.54, 1.807) is 6.08 Å². The Labute approximate surface area is 148 Å². The molecule has 4 nitrogen and oxygen atoms in total. The van der Waals surface area contributed by atoms with Gasteiger partial charge in [0.05, 0.1) is 6.61 Å². The number of hydrogen-bond acceptors (Lipinski definition) is 3. The van der Waals surface area contributed by atoms with Gasteiger partial charge in [-0.15, -0.1) is 0 Å². The standard InChI is InChI=1S/C19H22N2O2S/c1-3-11-23-18-10-6-8-16(13-18)21-19(24)20-14-15-7-5-9-17(12-15)22-4-2/h3,5-10,12-13H,1,4,11,14H2,2H3,(H2,20,21,24). The van der Waals surface area contributed by atoms with Crippen molar-refractivity contribution in [1.29, 1.82) is 0 Å². The van der Waals surface area contributed by atoms with Crippen molar-refractivity contribution in [3.8, 4) is 11.5 Å². The highest BCUT2D eigenvalue weighted by molar-refractivity contribution is 7.80. The Bertz CT molecular complexity index is 689. The van der Waals surface area contributed by atoms with Crippen molar-refractivity contribution >= 4 is 23.0 Å². The number of thiocarbonyl (C=S) groups is 1. The summed E-state index contributed by atoms with van der Waals surface area (Å²) in [6.07, 6.45) is 1.71. The van der Waals surface area contributed by atoms with Crippen LogP contribution < -0.4 is 20.1 Å². The highest BCUT2D eigenvalue weighted by Gasteiger charge is 2.01. The van der Waals surface area contributed by atoms with Crippen molar-refractivity contribution in [3.05, 3.63) is 66.7 Å². The minimum Gasteiger partial charge on any atom is -0.494 e. The molecule has 0 unspecified atom stereocenters. The summed E-state index contributed by atoms with van der Waals surface area (Å²) in [7, 11) is 0. The van der Waals surface area contributed by atoms with Crippen LogP contribution in [0.25, 0.3) is 0 Å². The lowest BCUT2D eigenvalue weighted by atomic mass is 10.2. The minimum absolute atomic E-state index is 0.475. The van der Waals surface area contributed by atoms with Gasteiger partial charge in [0.25, 0.3) is 0 Å². The molecule has 0 heterocycles. The molecule has 0 saturated heterocycles. The number of nitrogens with one attached hydrogen (secondary N) is 2. The van der Waals surface area contributed by atoms with Crippen LogP contribution in [-0.2, 0) is 6.54 Å². The Kier molecular flexibility index (Phi) is 7.11. The summed E-state index contributed by atoms with van der Waals surface area (Å²) in [5.74, 6) is 1.63. The van der Waals surface area contributed by atoms with Crippen molar-refractivity contribution in [1.82, 2.24) is 5.32 Å². The summed E-state index contributed by atoms with van der Waals surface area (Å²) in [6.45, 7) is 7.36. The predicted octanol–water partition coefficient (Wildman–Crippen LogP) is 4.14. The topological polar surface area (TPSA) is 42.5 Å². The fourth-order valence-corrected chi connectivity index (χ4v) is 2.28. The van der Waals surface area contributed by atoms with E-state index in [1.165, 1.54) is 0 Å². The molecule has 0 fully saturated rings. The molecule has 0 saturated carbocycles. The lowest BCUT2D eigenvalue weighted by molar-refractivity contribution is 0.340. The van der Waals surface area contributed by atoms with Gasteiger partial charge in [-0.25, -0.2) is 0 Å². The first-order valence-corrected chi connectivity index (χ1v) is 8.22. The lowest BCUT2D eigenvalue weighted by Crippen LogP contribution is -2.27.